The van der Waals surface area contributed by atoms with E-state index in [-0.39, 0.29) is 30.5 Å². The van der Waals surface area contributed by atoms with Crippen LogP contribution in [0.1, 0.15) is 46.0 Å². The second kappa shape index (κ2) is 9.82. The Labute approximate surface area is 195 Å². The summed E-state index contributed by atoms with van der Waals surface area (Å²) >= 11 is 0. The first-order valence-electron chi connectivity index (χ1n) is 10.8. The minimum Gasteiger partial charge on any atom is -0.491 e. The van der Waals surface area contributed by atoms with Crippen molar-refractivity contribution < 1.29 is 23.1 Å². The summed E-state index contributed by atoms with van der Waals surface area (Å²) in [6.45, 7) is 4.05. The van der Waals surface area contributed by atoms with E-state index in [9.17, 15) is 18.4 Å². The molecule has 0 fully saturated rings. The normalized spacial score (nSPS) is 11.1. The van der Waals surface area contributed by atoms with Crippen LogP contribution in [0.25, 0.3) is 10.9 Å². The Balaban J connectivity index is 1.75. The molecule has 0 bridgehead atoms. The first-order chi connectivity index (χ1) is 16.4. The van der Waals surface area contributed by atoms with Crippen molar-refractivity contribution in [2.24, 2.45) is 0 Å². The first kappa shape index (κ1) is 23.1. The van der Waals surface area contributed by atoms with Gasteiger partial charge in [-0.2, -0.15) is 0 Å². The summed E-state index contributed by atoms with van der Waals surface area (Å²) < 4.78 is 34.3. The summed E-state index contributed by atoms with van der Waals surface area (Å²) in [6, 6.07) is 14.2. The number of pyridine rings is 1. The zero-order chi connectivity index (χ0) is 24.2. The molecule has 8 heteroatoms. The van der Waals surface area contributed by atoms with Gasteiger partial charge in [0, 0.05) is 24.2 Å². The van der Waals surface area contributed by atoms with E-state index in [1.807, 2.05) is 26.0 Å². The van der Waals surface area contributed by atoms with Crippen molar-refractivity contribution in [2.75, 3.05) is 0 Å². The molecule has 4 aromatic rings. The number of amides is 1. The van der Waals surface area contributed by atoms with Crippen LogP contribution in [0.4, 0.5) is 8.78 Å². The molecule has 6 nitrogen and oxygen atoms in total. The Morgan fingerprint density at radius 1 is 1.12 bits per heavy atom. The molecular weight excluding hydrogens is 440 g/mol. The van der Waals surface area contributed by atoms with Gasteiger partial charge >= 0.3 is 0 Å². The lowest BCUT2D eigenvalue weighted by molar-refractivity contribution is 0.0946. The van der Waals surface area contributed by atoms with Crippen molar-refractivity contribution in [3.63, 3.8) is 0 Å². The smallest absolute Gasteiger partial charge is 0.254 e. The predicted octanol–water partition coefficient (Wildman–Crippen LogP) is 4.89. The van der Waals surface area contributed by atoms with Crippen LogP contribution >= 0.6 is 0 Å². The summed E-state index contributed by atoms with van der Waals surface area (Å²) in [7, 11) is 0. The second-order valence-electron chi connectivity index (χ2n) is 8.06. The van der Waals surface area contributed by atoms with Gasteiger partial charge in [0.1, 0.15) is 5.75 Å². The molecule has 0 aliphatic carbocycles. The van der Waals surface area contributed by atoms with E-state index in [1.54, 1.807) is 35.0 Å². The molecule has 2 aromatic heterocycles. The summed E-state index contributed by atoms with van der Waals surface area (Å²) in [5, 5.41) is 3.27. The fraction of sp³-hybridized carbons (Fsp3) is 0.192. The van der Waals surface area contributed by atoms with Gasteiger partial charge in [-0.25, -0.2) is 8.78 Å². The summed E-state index contributed by atoms with van der Waals surface area (Å²) in [6.07, 6.45) is 2.24. The number of fused-ring (bicyclic) bond motifs is 1. The number of ether oxygens (including phenoxy) is 1. The van der Waals surface area contributed by atoms with Crippen LogP contribution in [0.3, 0.4) is 0 Å². The largest absolute Gasteiger partial charge is 0.491 e. The number of aldehydes is 1. The third kappa shape index (κ3) is 4.80. The molecule has 2 heterocycles. The molecule has 1 N–H and O–H groups in total. The monoisotopic (exact) mass is 463 g/mol. The third-order valence-corrected chi connectivity index (χ3v) is 5.27. The highest BCUT2D eigenvalue weighted by Gasteiger charge is 2.23. The Hall–Kier alpha value is -4.07. The van der Waals surface area contributed by atoms with Crippen LogP contribution in [0.2, 0.25) is 0 Å². The average Bonchev–Trinajstić information content (AvgIpc) is 3.12. The van der Waals surface area contributed by atoms with E-state index in [0.29, 0.717) is 34.2 Å². The van der Waals surface area contributed by atoms with Gasteiger partial charge in [-0.3, -0.25) is 14.6 Å². The fourth-order valence-corrected chi connectivity index (χ4v) is 3.80. The van der Waals surface area contributed by atoms with Crippen LogP contribution in [0.5, 0.6) is 5.75 Å². The molecule has 0 saturated carbocycles. The molecule has 0 saturated heterocycles. The SMILES string of the molecule is CC(C)Oc1ccc2c(C(=O)NCc3ccc(F)c(F)c3)c(C=O)n(Cc3ccccn3)c2c1. The van der Waals surface area contributed by atoms with E-state index >= 15 is 0 Å². The minimum atomic E-state index is -0.995. The zero-order valence-corrected chi connectivity index (χ0v) is 18.7. The number of nitrogens with zero attached hydrogens (tertiary/aromatic N) is 2. The molecule has 0 aliphatic rings. The summed E-state index contributed by atoms with van der Waals surface area (Å²) in [5.41, 5.74) is 2.13. The molecule has 4 rings (SSSR count). The number of carbonyl (C=O) groups excluding carboxylic acids is 2. The number of hydrogen-bond acceptors (Lipinski definition) is 4. The average molecular weight is 463 g/mol. The van der Waals surface area contributed by atoms with Crippen LogP contribution < -0.4 is 10.1 Å². The molecule has 0 atom stereocenters. The van der Waals surface area contributed by atoms with E-state index < -0.39 is 17.5 Å². The van der Waals surface area contributed by atoms with Crippen LogP contribution in [-0.4, -0.2) is 27.8 Å². The molecule has 2 aromatic carbocycles. The quantitative estimate of drug-likeness (QED) is 0.378. The predicted molar refractivity (Wildman–Crippen MR) is 124 cm³/mol. The maximum absolute atomic E-state index is 13.5. The zero-order valence-electron chi connectivity index (χ0n) is 18.7. The molecule has 174 valence electrons. The minimum absolute atomic E-state index is 0.0320. The number of benzene rings is 2. The highest BCUT2D eigenvalue weighted by molar-refractivity contribution is 6.12. The van der Waals surface area contributed by atoms with Crippen LogP contribution in [0.15, 0.2) is 60.8 Å². The van der Waals surface area contributed by atoms with Crippen LogP contribution in [0, 0.1) is 11.6 Å². The van der Waals surface area contributed by atoms with Crippen molar-refractivity contribution in [2.45, 2.75) is 33.0 Å². The molecule has 0 radical (unpaired) electrons. The van der Waals surface area contributed by atoms with Gasteiger partial charge in [0.25, 0.3) is 5.91 Å². The first-order valence-corrected chi connectivity index (χ1v) is 10.8. The van der Waals surface area contributed by atoms with Gasteiger partial charge in [0.05, 0.1) is 35.1 Å². The van der Waals surface area contributed by atoms with Crippen molar-refractivity contribution in [1.82, 2.24) is 14.9 Å². The van der Waals surface area contributed by atoms with Gasteiger partial charge in [-0.15, -0.1) is 0 Å². The number of nitrogens with one attached hydrogen (secondary N) is 1. The molecule has 0 aliphatic heterocycles. The molecule has 34 heavy (non-hydrogen) atoms. The maximum atomic E-state index is 13.5. The van der Waals surface area contributed by atoms with Crippen molar-refractivity contribution >= 4 is 23.1 Å². The number of hydrogen-bond donors (Lipinski definition) is 1. The molecule has 1 amide bonds. The number of carbonyl (C=O) groups is 2. The highest BCUT2D eigenvalue weighted by Crippen LogP contribution is 2.30. The lowest BCUT2D eigenvalue weighted by atomic mass is 10.1. The van der Waals surface area contributed by atoms with E-state index in [0.717, 1.165) is 12.1 Å². The lowest BCUT2D eigenvalue weighted by Gasteiger charge is -2.11. The summed E-state index contributed by atoms with van der Waals surface area (Å²) in [4.78, 5) is 29.7. The summed E-state index contributed by atoms with van der Waals surface area (Å²) in [5.74, 6) is -1.86. The van der Waals surface area contributed by atoms with E-state index in [4.69, 9.17) is 4.74 Å². The third-order valence-electron chi connectivity index (χ3n) is 5.27. The Morgan fingerprint density at radius 2 is 1.94 bits per heavy atom. The van der Waals surface area contributed by atoms with Gasteiger partial charge in [0.15, 0.2) is 17.9 Å². The number of rotatable bonds is 8. The number of halogens is 2. The maximum Gasteiger partial charge on any atom is 0.254 e. The second-order valence-corrected chi connectivity index (χ2v) is 8.06. The topological polar surface area (TPSA) is 73.2 Å². The van der Waals surface area contributed by atoms with Crippen LogP contribution in [-0.2, 0) is 13.1 Å². The Bertz CT molecular complexity index is 1350. The fourth-order valence-electron chi connectivity index (χ4n) is 3.80. The Morgan fingerprint density at radius 3 is 2.62 bits per heavy atom. The van der Waals surface area contributed by atoms with Gasteiger partial charge < -0.3 is 14.6 Å². The van der Waals surface area contributed by atoms with Gasteiger partial charge in [-0.1, -0.05) is 12.1 Å². The molecule has 0 unspecified atom stereocenters. The molecular formula is C26H23F2N3O3. The van der Waals surface area contributed by atoms with Crippen molar-refractivity contribution in [1.29, 1.82) is 0 Å². The highest BCUT2D eigenvalue weighted by atomic mass is 19.2. The number of aromatic nitrogens is 2. The van der Waals surface area contributed by atoms with Gasteiger partial charge in [0.2, 0.25) is 0 Å². The van der Waals surface area contributed by atoms with E-state index in [2.05, 4.69) is 10.3 Å². The van der Waals surface area contributed by atoms with Gasteiger partial charge in [-0.05, 0) is 55.8 Å². The Kier molecular flexibility index (Phi) is 6.67. The van der Waals surface area contributed by atoms with E-state index in [1.165, 1.54) is 6.07 Å². The standard InChI is InChI=1S/C26H23F2N3O3/c1-16(2)34-19-7-8-20-23(12-19)31(14-18-5-3-4-10-29-18)24(15-32)25(20)26(33)30-13-17-6-9-21(27)22(28)11-17/h3-12,15-16H,13-14H2,1-2H3,(H,30,33). The van der Waals surface area contributed by atoms with Crippen molar-refractivity contribution in [3.05, 3.63) is 94.9 Å². The van der Waals surface area contributed by atoms with Crippen molar-refractivity contribution in [3.8, 4) is 5.75 Å². The molecule has 0 spiro atoms. The lowest BCUT2D eigenvalue weighted by Crippen LogP contribution is -2.24.